The topological polar surface area (TPSA) is 63.1 Å². The van der Waals surface area contributed by atoms with Gasteiger partial charge in [0.15, 0.2) is 0 Å². The molecule has 2 N–H and O–H groups in total. The van der Waals surface area contributed by atoms with Crippen LogP contribution in [0.3, 0.4) is 0 Å². The zero-order valence-corrected chi connectivity index (χ0v) is 17.5. The summed E-state index contributed by atoms with van der Waals surface area (Å²) in [6.07, 6.45) is 0.879. The van der Waals surface area contributed by atoms with Crippen LogP contribution in [0.25, 0.3) is 0 Å². The number of aromatic nitrogens is 1. The Morgan fingerprint density at radius 3 is 2.48 bits per heavy atom. The quantitative estimate of drug-likeness (QED) is 0.745. The molecule has 0 bridgehead atoms. The second-order valence-electron chi connectivity index (χ2n) is 6.74. The van der Waals surface area contributed by atoms with E-state index in [0.29, 0.717) is 22.7 Å². The number of hydrogen-bond acceptors (Lipinski definition) is 3. The van der Waals surface area contributed by atoms with Gasteiger partial charge in [0.25, 0.3) is 11.5 Å². The number of amides is 1. The lowest BCUT2D eigenvalue weighted by Crippen LogP contribution is -2.32. The first-order valence-corrected chi connectivity index (χ1v) is 9.70. The highest BCUT2D eigenvalue weighted by atomic mass is 35.5. The van der Waals surface area contributed by atoms with Gasteiger partial charge in [-0.1, -0.05) is 18.5 Å². The molecule has 146 valence electrons. The number of anilines is 1. The Hall–Kier alpha value is -2.27. The highest BCUT2D eigenvalue weighted by Crippen LogP contribution is 2.25. The van der Waals surface area contributed by atoms with Gasteiger partial charge in [-0.05, 0) is 63.4 Å². The summed E-state index contributed by atoms with van der Waals surface area (Å²) < 4.78 is 1.77. The molecule has 1 amide bonds. The van der Waals surface area contributed by atoms with Gasteiger partial charge in [-0.3, -0.25) is 9.59 Å². The van der Waals surface area contributed by atoms with Gasteiger partial charge < -0.3 is 15.2 Å². The number of rotatable bonds is 7. The average molecular weight is 390 g/mol. The number of benzene rings is 1. The fraction of sp³-hybridized carbons (Fsp3) is 0.429. The predicted molar refractivity (Wildman–Crippen MR) is 112 cm³/mol. The standard InChI is InChI=1S/C21H28ClN3O2/c1-6-8-25-14(4)9-13(3)18(21(25)27)12-24-20(26)17-10-16(22)11-19(15(17)5)23-7-2/h9-11,23H,6-8,12H2,1-5H3,(H,24,26). The van der Waals surface area contributed by atoms with Gasteiger partial charge in [0, 0.05) is 47.2 Å². The number of pyridine rings is 1. The fourth-order valence-corrected chi connectivity index (χ4v) is 3.46. The van der Waals surface area contributed by atoms with E-state index in [2.05, 4.69) is 10.6 Å². The number of nitrogens with zero attached hydrogens (tertiary/aromatic N) is 1. The summed E-state index contributed by atoms with van der Waals surface area (Å²) in [6, 6.07) is 5.46. The number of halogens is 1. The molecule has 1 aromatic carbocycles. The molecule has 0 saturated heterocycles. The number of carbonyl (C=O) groups excluding carboxylic acids is 1. The molecule has 0 aliphatic rings. The van der Waals surface area contributed by atoms with Crippen molar-refractivity contribution < 1.29 is 4.79 Å². The molecular weight excluding hydrogens is 362 g/mol. The van der Waals surface area contributed by atoms with Crippen molar-refractivity contribution in [3.05, 3.63) is 61.5 Å². The van der Waals surface area contributed by atoms with Crippen molar-refractivity contribution in [3.8, 4) is 0 Å². The second-order valence-corrected chi connectivity index (χ2v) is 7.18. The van der Waals surface area contributed by atoms with Gasteiger partial charge in [0.05, 0.1) is 0 Å². The molecule has 0 aliphatic heterocycles. The van der Waals surface area contributed by atoms with E-state index in [1.54, 1.807) is 10.6 Å². The minimum Gasteiger partial charge on any atom is -0.385 e. The smallest absolute Gasteiger partial charge is 0.255 e. The molecule has 0 fully saturated rings. The van der Waals surface area contributed by atoms with Gasteiger partial charge in [0.2, 0.25) is 0 Å². The van der Waals surface area contributed by atoms with E-state index in [4.69, 9.17) is 11.6 Å². The molecule has 0 spiro atoms. The maximum atomic E-state index is 12.8. The maximum absolute atomic E-state index is 12.8. The lowest BCUT2D eigenvalue weighted by molar-refractivity contribution is 0.0950. The molecule has 0 atom stereocenters. The highest BCUT2D eigenvalue weighted by molar-refractivity contribution is 6.31. The second kappa shape index (κ2) is 9.09. The maximum Gasteiger partial charge on any atom is 0.255 e. The van der Waals surface area contributed by atoms with Crippen molar-refractivity contribution in [2.45, 2.75) is 54.1 Å². The Kier molecular flexibility index (Phi) is 7.08. The highest BCUT2D eigenvalue weighted by Gasteiger charge is 2.16. The number of aryl methyl sites for hydroxylation is 2. The van der Waals surface area contributed by atoms with Crippen molar-refractivity contribution in [3.63, 3.8) is 0 Å². The van der Waals surface area contributed by atoms with E-state index < -0.39 is 0 Å². The van der Waals surface area contributed by atoms with Gasteiger partial charge in [0.1, 0.15) is 0 Å². The third kappa shape index (κ3) is 4.72. The zero-order chi connectivity index (χ0) is 20.1. The summed E-state index contributed by atoms with van der Waals surface area (Å²) in [5, 5.41) is 6.60. The van der Waals surface area contributed by atoms with Gasteiger partial charge in [-0.2, -0.15) is 0 Å². The predicted octanol–water partition coefficient (Wildman–Crippen LogP) is 4.20. The lowest BCUT2D eigenvalue weighted by atomic mass is 10.1. The molecule has 2 rings (SSSR count). The third-order valence-corrected chi connectivity index (χ3v) is 4.91. The molecule has 2 aromatic rings. The summed E-state index contributed by atoms with van der Waals surface area (Å²) in [6.45, 7) is 11.3. The average Bonchev–Trinajstić information content (AvgIpc) is 2.61. The zero-order valence-electron chi connectivity index (χ0n) is 16.7. The van der Waals surface area contributed by atoms with E-state index >= 15 is 0 Å². The minimum absolute atomic E-state index is 0.0363. The normalized spacial score (nSPS) is 10.7. The first-order chi connectivity index (χ1) is 12.8. The van der Waals surface area contributed by atoms with Crippen LogP contribution in [0.2, 0.25) is 5.02 Å². The van der Waals surface area contributed by atoms with E-state index in [-0.39, 0.29) is 18.0 Å². The summed E-state index contributed by atoms with van der Waals surface area (Å²) >= 11 is 6.17. The van der Waals surface area contributed by atoms with Crippen molar-refractivity contribution >= 4 is 23.2 Å². The molecule has 0 radical (unpaired) electrons. The van der Waals surface area contributed by atoms with Crippen molar-refractivity contribution in [2.24, 2.45) is 0 Å². The monoisotopic (exact) mass is 389 g/mol. The molecule has 1 aromatic heterocycles. The van der Waals surface area contributed by atoms with Crippen LogP contribution in [0, 0.1) is 20.8 Å². The largest absolute Gasteiger partial charge is 0.385 e. The molecule has 27 heavy (non-hydrogen) atoms. The Labute approximate surface area is 165 Å². The molecular formula is C21H28ClN3O2. The molecule has 0 aliphatic carbocycles. The Balaban J connectivity index is 2.29. The van der Waals surface area contributed by atoms with Crippen LogP contribution in [0.5, 0.6) is 0 Å². The number of nitrogens with one attached hydrogen (secondary N) is 2. The van der Waals surface area contributed by atoms with Crippen molar-refractivity contribution in [2.75, 3.05) is 11.9 Å². The van der Waals surface area contributed by atoms with Crippen LogP contribution in [-0.4, -0.2) is 17.0 Å². The third-order valence-electron chi connectivity index (χ3n) is 4.69. The van der Waals surface area contributed by atoms with Crippen LogP contribution >= 0.6 is 11.6 Å². The summed E-state index contributed by atoms with van der Waals surface area (Å²) in [5.41, 5.74) is 4.60. The van der Waals surface area contributed by atoms with E-state index in [9.17, 15) is 9.59 Å². The molecule has 1 heterocycles. The fourth-order valence-electron chi connectivity index (χ4n) is 3.24. The number of hydrogen-bond donors (Lipinski definition) is 2. The Bertz CT molecular complexity index is 903. The molecule has 6 heteroatoms. The van der Waals surface area contributed by atoms with Crippen LogP contribution < -0.4 is 16.2 Å². The van der Waals surface area contributed by atoms with E-state index in [1.807, 2.05) is 46.8 Å². The van der Waals surface area contributed by atoms with Crippen molar-refractivity contribution in [1.29, 1.82) is 0 Å². The molecule has 0 saturated carbocycles. The Morgan fingerprint density at radius 1 is 1.15 bits per heavy atom. The Morgan fingerprint density at radius 2 is 1.85 bits per heavy atom. The van der Waals surface area contributed by atoms with Crippen LogP contribution in [0.4, 0.5) is 5.69 Å². The molecule has 5 nitrogen and oxygen atoms in total. The van der Waals surface area contributed by atoms with Crippen LogP contribution in [0.15, 0.2) is 23.0 Å². The first kappa shape index (κ1) is 21.0. The first-order valence-electron chi connectivity index (χ1n) is 9.32. The minimum atomic E-state index is -0.240. The van der Waals surface area contributed by atoms with Crippen LogP contribution in [0.1, 0.15) is 53.0 Å². The lowest BCUT2D eigenvalue weighted by Gasteiger charge is -2.16. The summed E-state index contributed by atoms with van der Waals surface area (Å²) in [5.74, 6) is -0.240. The van der Waals surface area contributed by atoms with E-state index in [1.165, 1.54) is 0 Å². The summed E-state index contributed by atoms with van der Waals surface area (Å²) in [7, 11) is 0. The summed E-state index contributed by atoms with van der Waals surface area (Å²) in [4.78, 5) is 25.5. The van der Waals surface area contributed by atoms with E-state index in [0.717, 1.165) is 35.5 Å². The number of carbonyl (C=O) groups is 1. The van der Waals surface area contributed by atoms with Gasteiger partial charge in [-0.25, -0.2) is 0 Å². The van der Waals surface area contributed by atoms with Gasteiger partial charge >= 0.3 is 0 Å². The van der Waals surface area contributed by atoms with Crippen LogP contribution in [-0.2, 0) is 13.1 Å². The SMILES string of the molecule is CCCn1c(C)cc(C)c(CNC(=O)c2cc(Cl)cc(NCC)c2C)c1=O. The van der Waals surface area contributed by atoms with Crippen molar-refractivity contribution in [1.82, 2.24) is 9.88 Å². The van der Waals surface area contributed by atoms with Gasteiger partial charge in [-0.15, -0.1) is 0 Å². The molecule has 0 unspecified atom stereocenters.